The average Bonchev–Trinajstić information content (AvgIpc) is 1.31. The lowest BCUT2D eigenvalue weighted by Crippen LogP contribution is -2.33. The smallest absolute Gasteiger partial charge is 0.251 e. The highest BCUT2D eigenvalue weighted by molar-refractivity contribution is 5.96. The quantitative estimate of drug-likeness (QED) is 0.0169. The molecule has 0 saturated carbocycles. The van der Waals surface area contributed by atoms with Crippen LogP contribution in [0.4, 0.5) is 22.7 Å². The van der Waals surface area contributed by atoms with Gasteiger partial charge < -0.3 is 32.7 Å². The Morgan fingerprint density at radius 3 is 1.04 bits per heavy atom. The van der Waals surface area contributed by atoms with Crippen molar-refractivity contribution in [2.24, 2.45) is 0 Å². The van der Waals surface area contributed by atoms with Crippen molar-refractivity contribution in [1.82, 2.24) is 20.6 Å². The molecule has 0 radical (unpaired) electrons. The third-order valence-electron chi connectivity index (χ3n) is 16.1. The first kappa shape index (κ1) is 56.2. The lowest BCUT2D eigenvalue weighted by Gasteiger charge is -2.12. The molecule has 2 heterocycles. The Morgan fingerprint density at radius 1 is 0.369 bits per heavy atom. The van der Waals surface area contributed by atoms with E-state index in [4.69, 9.17) is 21.4 Å². The summed E-state index contributed by atoms with van der Waals surface area (Å²) >= 11 is 0. The van der Waals surface area contributed by atoms with Crippen LogP contribution in [0.3, 0.4) is 0 Å². The molecule has 0 aliphatic heterocycles. The summed E-state index contributed by atoms with van der Waals surface area (Å²) in [5, 5.41) is 13.6. The average molecular weight is 1110 g/mol. The third-order valence-corrected chi connectivity index (χ3v) is 16.1. The van der Waals surface area contributed by atoms with Crippen molar-refractivity contribution >= 4 is 78.7 Å². The molecule has 2 amide bonds. The number of nitrogens with one attached hydrogen (secondary N) is 4. The first-order chi connectivity index (χ1) is 40.9. The molecule has 0 unspecified atom stereocenters. The second kappa shape index (κ2) is 25.6. The molecular weight excluding hydrogens is 1040 g/mol. The Morgan fingerprint density at radius 2 is 0.679 bits per heavy atom. The SMILES string of the molecule is Cc1cc2nc3cc(C)c(NCCCCCCNC(=O)c4ccc(-c5ccc(-c6ccc(C(=O)NCCCCCCNc7cc8c(cc7C)nc7cc(C)c(N)cc7[n+]8-c7ccccc7)cc6)cc5)cc4)cc3[n+](-c3ccccc3)c2cc1N. The summed E-state index contributed by atoms with van der Waals surface area (Å²) in [7, 11) is 0. The number of nitrogens with two attached hydrogens (primary N) is 2. The predicted octanol–water partition coefficient (Wildman–Crippen LogP) is 14.2. The van der Waals surface area contributed by atoms with E-state index in [0.717, 1.165) is 187 Å². The molecule has 0 aliphatic rings. The van der Waals surface area contributed by atoms with Crippen molar-refractivity contribution in [3.05, 3.63) is 215 Å². The monoisotopic (exact) mass is 1110 g/mol. The summed E-state index contributed by atoms with van der Waals surface area (Å²) in [6.07, 6.45) is 8.04. The van der Waals surface area contributed by atoms with Gasteiger partial charge in [0.15, 0.2) is 0 Å². The maximum atomic E-state index is 13.1. The van der Waals surface area contributed by atoms with Crippen LogP contribution in [-0.2, 0) is 0 Å². The minimum absolute atomic E-state index is 0.0596. The summed E-state index contributed by atoms with van der Waals surface area (Å²) in [4.78, 5) is 36.3. The summed E-state index contributed by atoms with van der Waals surface area (Å²) in [6.45, 7) is 11.3. The molecule has 0 saturated heterocycles. The zero-order valence-corrected chi connectivity index (χ0v) is 48.6. The van der Waals surface area contributed by atoms with E-state index in [1.54, 1.807) is 0 Å². The predicted molar refractivity (Wildman–Crippen MR) is 345 cm³/mol. The molecule has 422 valence electrons. The van der Waals surface area contributed by atoms with E-state index in [9.17, 15) is 9.59 Å². The lowest BCUT2D eigenvalue weighted by atomic mass is 9.99. The van der Waals surface area contributed by atoms with Crippen LogP contribution in [0.5, 0.6) is 0 Å². The highest BCUT2D eigenvalue weighted by Gasteiger charge is 2.24. The maximum Gasteiger partial charge on any atom is 0.251 e. The summed E-state index contributed by atoms with van der Waals surface area (Å²) in [5.41, 5.74) is 36.1. The molecule has 12 nitrogen and oxygen atoms in total. The molecule has 0 bridgehead atoms. The number of aromatic nitrogens is 4. The molecule has 2 aromatic heterocycles. The molecular formula is C72H74N10O2+2. The van der Waals surface area contributed by atoms with Crippen LogP contribution < -0.4 is 41.9 Å². The molecule has 8 N–H and O–H groups in total. The van der Waals surface area contributed by atoms with Gasteiger partial charge in [-0.25, -0.2) is 9.97 Å². The number of hydrogen-bond donors (Lipinski definition) is 6. The number of fused-ring (bicyclic) bond motifs is 4. The van der Waals surface area contributed by atoms with Gasteiger partial charge in [-0.15, -0.1) is 9.13 Å². The molecule has 0 aliphatic carbocycles. The number of aryl methyl sites for hydroxylation is 4. The van der Waals surface area contributed by atoms with E-state index in [2.05, 4.69) is 153 Å². The van der Waals surface area contributed by atoms with Crippen molar-refractivity contribution in [2.75, 3.05) is 48.3 Å². The number of rotatable bonds is 22. The Bertz CT molecular complexity index is 3900. The van der Waals surface area contributed by atoms with E-state index < -0.39 is 0 Å². The number of benzene rings is 9. The molecule has 0 atom stereocenters. The first-order valence-electron chi connectivity index (χ1n) is 29.5. The van der Waals surface area contributed by atoms with E-state index in [1.165, 1.54) is 0 Å². The Labute approximate surface area is 492 Å². The van der Waals surface area contributed by atoms with E-state index >= 15 is 0 Å². The van der Waals surface area contributed by atoms with Crippen LogP contribution >= 0.6 is 0 Å². The minimum atomic E-state index is -0.0596. The number of nitrogens with zero attached hydrogens (tertiary/aromatic N) is 4. The van der Waals surface area contributed by atoms with Gasteiger partial charge >= 0.3 is 0 Å². The van der Waals surface area contributed by atoms with Crippen molar-refractivity contribution in [3.63, 3.8) is 0 Å². The van der Waals surface area contributed by atoms with Crippen LogP contribution in [0.2, 0.25) is 0 Å². The van der Waals surface area contributed by atoms with Gasteiger partial charge in [0, 0.05) is 109 Å². The second-order valence-electron chi connectivity index (χ2n) is 22.2. The van der Waals surface area contributed by atoms with Gasteiger partial charge in [0.25, 0.3) is 11.8 Å². The van der Waals surface area contributed by atoms with Crippen LogP contribution in [0.15, 0.2) is 182 Å². The van der Waals surface area contributed by atoms with Gasteiger partial charge in [0.2, 0.25) is 33.4 Å². The fourth-order valence-electron chi connectivity index (χ4n) is 11.2. The van der Waals surface area contributed by atoms with Crippen molar-refractivity contribution in [1.29, 1.82) is 0 Å². The van der Waals surface area contributed by atoms with Gasteiger partial charge in [-0.1, -0.05) is 111 Å². The van der Waals surface area contributed by atoms with Crippen molar-refractivity contribution in [3.8, 4) is 33.6 Å². The molecule has 0 spiro atoms. The summed E-state index contributed by atoms with van der Waals surface area (Å²) in [5.74, 6) is -0.119. The summed E-state index contributed by atoms with van der Waals surface area (Å²) < 4.78 is 4.50. The molecule has 11 rings (SSSR count). The second-order valence-corrected chi connectivity index (χ2v) is 22.2. The van der Waals surface area contributed by atoms with E-state index in [-0.39, 0.29) is 11.8 Å². The van der Waals surface area contributed by atoms with Gasteiger partial charge in [-0.2, -0.15) is 0 Å². The van der Waals surface area contributed by atoms with Crippen molar-refractivity contribution in [2.45, 2.75) is 79.1 Å². The Kier molecular flexibility index (Phi) is 17.1. The standard InChI is InChI=1S/C72H72N10O2/c1-47-39-63-67(43-59(47)73)81(57-19-11-9-12-20-57)69-45-61(49(3)41-65(69)79-63)75-35-15-5-7-17-37-77-71(83)55-31-27-53(28-32-55)51-23-25-52(26-24-51)54-29-33-56(34-30-54)72(84)78-38-18-8-6-16-36-76-62-46-70-66(42-50(62)4)80-64-40-48(2)60(74)44-68(64)82(70)58-21-13-10-14-22-58/h9-14,19-34,39-46H,5-8,15-18,35-38H2,1-4H3,(H6,73,74,75,76,77,78,83,84)/p+2. The number of unbranched alkanes of at least 4 members (excludes halogenated alkanes) is 6. The first-order valence-corrected chi connectivity index (χ1v) is 29.5. The number of carbonyl (C=O) groups is 2. The number of carbonyl (C=O) groups excluding carboxylic acids is 2. The van der Waals surface area contributed by atoms with Gasteiger partial charge in [-0.3, -0.25) is 9.59 Å². The van der Waals surface area contributed by atoms with Gasteiger partial charge in [0.1, 0.15) is 22.1 Å². The van der Waals surface area contributed by atoms with Crippen LogP contribution in [0, 0.1) is 27.7 Å². The topological polar surface area (TPSA) is 168 Å². The van der Waals surface area contributed by atoms with Crippen LogP contribution in [0.25, 0.3) is 77.8 Å². The van der Waals surface area contributed by atoms with Gasteiger partial charge in [0.05, 0.1) is 0 Å². The van der Waals surface area contributed by atoms with Crippen LogP contribution in [0.1, 0.15) is 94.3 Å². The lowest BCUT2D eigenvalue weighted by molar-refractivity contribution is -0.538. The number of nitrogen functional groups attached to an aromatic ring is 2. The number of anilines is 4. The normalized spacial score (nSPS) is 11.4. The molecule has 12 heteroatoms. The van der Waals surface area contributed by atoms with E-state index in [0.29, 0.717) is 24.2 Å². The number of hydrogen-bond acceptors (Lipinski definition) is 8. The highest BCUT2D eigenvalue weighted by atomic mass is 16.2. The van der Waals surface area contributed by atoms with Crippen molar-refractivity contribution < 1.29 is 18.7 Å². The molecule has 84 heavy (non-hydrogen) atoms. The van der Waals surface area contributed by atoms with Crippen LogP contribution in [-0.4, -0.2) is 48.0 Å². The largest absolute Gasteiger partial charge is 0.398 e. The fourth-order valence-corrected chi connectivity index (χ4v) is 11.2. The zero-order chi connectivity index (χ0) is 58.1. The fraction of sp³-hybridized carbons (Fsp3) is 0.222. The number of para-hydroxylation sites is 2. The van der Waals surface area contributed by atoms with Gasteiger partial charge in [-0.05, 0) is 146 Å². The maximum absolute atomic E-state index is 13.1. The highest BCUT2D eigenvalue weighted by Crippen LogP contribution is 2.30. The zero-order valence-electron chi connectivity index (χ0n) is 48.6. The Balaban J connectivity index is 0.582. The molecule has 0 fully saturated rings. The Hall–Kier alpha value is -9.68. The molecule has 11 aromatic rings. The molecule has 9 aromatic carbocycles. The third kappa shape index (κ3) is 12.7. The van der Waals surface area contributed by atoms with E-state index in [1.807, 2.05) is 86.6 Å². The minimum Gasteiger partial charge on any atom is -0.398 e. The number of amides is 2. The summed E-state index contributed by atoms with van der Waals surface area (Å²) in [6, 6.07) is 61.6.